The van der Waals surface area contributed by atoms with Crippen LogP contribution in [0.2, 0.25) is 0 Å². The van der Waals surface area contributed by atoms with Crippen molar-refractivity contribution in [2.75, 3.05) is 27.2 Å². The van der Waals surface area contributed by atoms with Gasteiger partial charge in [0.05, 0.1) is 24.2 Å². The van der Waals surface area contributed by atoms with Gasteiger partial charge < -0.3 is 47.0 Å². The first-order valence-electron chi connectivity index (χ1n) is 26.1. The fourth-order valence-corrected chi connectivity index (χ4v) is 10.7. The summed E-state index contributed by atoms with van der Waals surface area (Å²) in [6.45, 7) is 14.7. The van der Waals surface area contributed by atoms with Crippen LogP contribution in [0.1, 0.15) is 148 Å². The summed E-state index contributed by atoms with van der Waals surface area (Å²) in [6.07, 6.45) is 5.26. The maximum Gasteiger partial charge on any atom is 0.246 e. The number of nitrogens with zero attached hydrogens (tertiary/aromatic N) is 2. The summed E-state index contributed by atoms with van der Waals surface area (Å²) in [5.74, 6) is -3.22. The molecule has 2 aliphatic heterocycles. The third-order valence-corrected chi connectivity index (χ3v) is 15.2. The van der Waals surface area contributed by atoms with E-state index in [0.717, 1.165) is 49.7 Å². The molecular formula is C55H83Cl2N9O8. The second-order valence-electron chi connectivity index (χ2n) is 22.8. The standard InChI is InChI=1S/C55H81N9O8.2ClH/c1-32(56-9)48(67)61-46(54(3,4)5)52(71)63-30-34(28-43(63)50(69)59-41-23-15-19-35-17-11-13-21-39(35)41)27-38(65)25-26-45(66)58-37-29-44(51(70)60-42-24-16-20-36-18-12-14-22-40(36)42)64(31-37)53(72)47(55(6,7)8)62-49(68)33(2)57-10;;/h11-14,17-18,21-22,32-34,37,41-44,46-47,56-57H,15-16,19-20,23-31H2,1-10H3,(H,58,66)(H,59,69)(H,60,70)(H,61,67)(H,62,68);2*1H/t32-,33-,34-,37-,41?,42?,43-,44-,46+,47+;;/m0../s1. The van der Waals surface area contributed by atoms with Crippen molar-refractivity contribution in [1.82, 2.24) is 47.0 Å². The minimum Gasteiger partial charge on any atom is -0.351 e. The van der Waals surface area contributed by atoms with E-state index in [2.05, 4.69) is 49.4 Å². The molecule has 7 N–H and O–H groups in total. The second kappa shape index (κ2) is 26.6. The van der Waals surface area contributed by atoms with E-state index in [9.17, 15) is 38.4 Å². The molecule has 2 saturated heterocycles. The van der Waals surface area contributed by atoms with Gasteiger partial charge in [-0.1, -0.05) is 90.1 Å². The highest BCUT2D eigenvalue weighted by molar-refractivity contribution is 5.96. The van der Waals surface area contributed by atoms with Gasteiger partial charge in [-0.15, -0.1) is 24.8 Å². The van der Waals surface area contributed by atoms with Gasteiger partial charge >= 0.3 is 0 Å². The van der Waals surface area contributed by atoms with Gasteiger partial charge in [-0.3, -0.25) is 38.4 Å². The van der Waals surface area contributed by atoms with Crippen LogP contribution in [0, 0.1) is 16.7 Å². The molecule has 0 radical (unpaired) electrons. The van der Waals surface area contributed by atoms with Crippen molar-refractivity contribution in [3.63, 3.8) is 0 Å². The Morgan fingerprint density at radius 1 is 0.595 bits per heavy atom. The van der Waals surface area contributed by atoms with Crippen molar-refractivity contribution < 1.29 is 38.4 Å². The van der Waals surface area contributed by atoms with Gasteiger partial charge in [0, 0.05) is 38.4 Å². The third-order valence-electron chi connectivity index (χ3n) is 15.2. The summed E-state index contributed by atoms with van der Waals surface area (Å²) in [5, 5.41) is 21.1. The Morgan fingerprint density at radius 2 is 1.03 bits per heavy atom. The van der Waals surface area contributed by atoms with Crippen molar-refractivity contribution in [3.05, 3.63) is 70.8 Å². The molecule has 2 aromatic carbocycles. The first-order valence-corrected chi connectivity index (χ1v) is 26.1. The molecule has 2 fully saturated rings. The molecule has 410 valence electrons. The van der Waals surface area contributed by atoms with Crippen molar-refractivity contribution in [1.29, 1.82) is 0 Å². The lowest BCUT2D eigenvalue weighted by atomic mass is 9.85. The summed E-state index contributed by atoms with van der Waals surface area (Å²) in [6, 6.07) is 10.0. The number of amides is 7. The van der Waals surface area contributed by atoms with Crippen LogP contribution >= 0.6 is 24.8 Å². The average molecular weight is 1070 g/mol. The molecule has 74 heavy (non-hydrogen) atoms. The molecule has 2 aromatic rings. The number of rotatable bonds is 18. The minimum atomic E-state index is -0.977. The molecule has 17 nitrogen and oxygen atoms in total. The van der Waals surface area contributed by atoms with Gasteiger partial charge in [-0.05, 0) is 118 Å². The maximum atomic E-state index is 14.6. The lowest BCUT2D eigenvalue weighted by molar-refractivity contribution is -0.144. The van der Waals surface area contributed by atoms with E-state index in [0.29, 0.717) is 0 Å². The van der Waals surface area contributed by atoms with Crippen molar-refractivity contribution in [2.45, 2.75) is 180 Å². The summed E-state index contributed by atoms with van der Waals surface area (Å²) < 4.78 is 0. The van der Waals surface area contributed by atoms with Gasteiger partial charge in [0.25, 0.3) is 0 Å². The number of benzene rings is 2. The third kappa shape index (κ3) is 15.3. The Labute approximate surface area is 450 Å². The Balaban J connectivity index is 0.00000593. The van der Waals surface area contributed by atoms with E-state index in [1.807, 2.05) is 77.9 Å². The van der Waals surface area contributed by atoms with Gasteiger partial charge in [-0.2, -0.15) is 0 Å². The lowest BCUT2D eigenvalue weighted by Gasteiger charge is -2.36. The first kappa shape index (κ1) is 61.4. The van der Waals surface area contributed by atoms with E-state index >= 15 is 0 Å². The number of hydrogen-bond acceptors (Lipinski definition) is 10. The van der Waals surface area contributed by atoms with Crippen molar-refractivity contribution in [3.8, 4) is 0 Å². The molecule has 7 amide bonds. The summed E-state index contributed by atoms with van der Waals surface area (Å²) in [7, 11) is 3.31. The van der Waals surface area contributed by atoms with Crippen LogP contribution in [-0.2, 0) is 51.2 Å². The summed E-state index contributed by atoms with van der Waals surface area (Å²) >= 11 is 0. The smallest absolute Gasteiger partial charge is 0.246 e. The van der Waals surface area contributed by atoms with Crippen LogP contribution < -0.4 is 37.2 Å². The molecule has 4 aliphatic rings. The Morgan fingerprint density at radius 3 is 1.47 bits per heavy atom. The zero-order valence-corrected chi connectivity index (χ0v) is 46.7. The van der Waals surface area contributed by atoms with E-state index in [-0.39, 0.29) is 117 Å². The number of carbonyl (C=O) groups is 8. The first-order chi connectivity index (χ1) is 34.0. The molecule has 0 saturated carbocycles. The highest BCUT2D eigenvalue weighted by atomic mass is 35.5. The molecule has 10 atom stereocenters. The predicted molar refractivity (Wildman–Crippen MR) is 289 cm³/mol. The zero-order chi connectivity index (χ0) is 52.7. The lowest BCUT2D eigenvalue weighted by Crippen LogP contribution is -2.59. The van der Waals surface area contributed by atoms with Gasteiger partial charge in [-0.25, -0.2) is 0 Å². The monoisotopic (exact) mass is 1070 g/mol. The Bertz CT molecular complexity index is 2180. The van der Waals surface area contributed by atoms with E-state index in [4.69, 9.17) is 0 Å². The largest absolute Gasteiger partial charge is 0.351 e. The highest BCUT2D eigenvalue weighted by Crippen LogP contribution is 2.35. The number of nitrogens with one attached hydrogen (secondary N) is 7. The summed E-state index contributed by atoms with van der Waals surface area (Å²) in [4.78, 5) is 115. The van der Waals surface area contributed by atoms with Crippen LogP contribution in [0.15, 0.2) is 48.5 Å². The second-order valence-corrected chi connectivity index (χ2v) is 22.8. The number of hydrogen-bond donors (Lipinski definition) is 7. The van der Waals surface area contributed by atoms with Gasteiger partial charge in [0.15, 0.2) is 0 Å². The minimum absolute atomic E-state index is 0. The Hall–Kier alpha value is -5.10. The highest BCUT2D eigenvalue weighted by Gasteiger charge is 2.48. The van der Waals surface area contributed by atoms with Gasteiger partial charge in [0.2, 0.25) is 41.4 Å². The van der Waals surface area contributed by atoms with Crippen LogP contribution in [0.25, 0.3) is 0 Å². The SMILES string of the molecule is CN[C@@H](C)C(=O)N[C@H](C(=O)N1C[C@@H](CC(=O)CCC(=O)N[C@H]2C[C@@H](C(=O)NC3CCCc4ccccc43)N(C(=O)[C@@H](NC(=O)[C@H](C)NC)C(C)(C)C)C2)C[C@H]1C(=O)NC1CCCc2ccccc21)C(C)(C)C.Cl.Cl. The maximum absolute atomic E-state index is 14.6. The number of likely N-dealkylation sites (N-methyl/N-ethyl adjacent to an activating group) is 2. The Kier molecular flexibility index (Phi) is 22.1. The molecule has 2 heterocycles. The van der Waals surface area contributed by atoms with Crippen LogP contribution in [0.4, 0.5) is 0 Å². The normalized spacial score (nSPS) is 22.9. The van der Waals surface area contributed by atoms with Crippen LogP contribution in [-0.4, -0.2) is 126 Å². The fraction of sp³-hybridized carbons (Fsp3) is 0.636. The molecule has 0 aromatic heterocycles. The number of likely N-dealkylation sites (tertiary alicyclic amines) is 2. The van der Waals surface area contributed by atoms with E-state index < -0.39 is 70.8 Å². The van der Waals surface area contributed by atoms with E-state index in [1.54, 1.807) is 27.9 Å². The van der Waals surface area contributed by atoms with E-state index in [1.165, 1.54) is 20.9 Å². The summed E-state index contributed by atoms with van der Waals surface area (Å²) in [5.41, 5.74) is 3.00. The number of ketones is 1. The molecule has 0 spiro atoms. The van der Waals surface area contributed by atoms with Crippen LogP contribution in [0.3, 0.4) is 0 Å². The predicted octanol–water partition coefficient (Wildman–Crippen LogP) is 4.54. The fourth-order valence-electron chi connectivity index (χ4n) is 10.7. The number of halogens is 2. The topological polar surface area (TPSA) is 227 Å². The zero-order valence-electron chi connectivity index (χ0n) is 45.1. The van der Waals surface area contributed by atoms with Crippen molar-refractivity contribution >= 4 is 71.9 Å². The molecule has 2 unspecified atom stereocenters. The van der Waals surface area contributed by atoms with Crippen molar-refractivity contribution in [2.24, 2.45) is 16.7 Å². The quantitative estimate of drug-likeness (QED) is 0.110. The number of fused-ring (bicyclic) bond motifs is 2. The number of carbonyl (C=O) groups excluding carboxylic acids is 8. The average Bonchev–Trinajstić information content (AvgIpc) is 3.97. The van der Waals surface area contributed by atoms with Crippen LogP contribution in [0.5, 0.6) is 0 Å². The molecule has 2 aliphatic carbocycles. The van der Waals surface area contributed by atoms with Gasteiger partial charge in [0.1, 0.15) is 30.0 Å². The number of Topliss-reactive ketones (excluding diaryl/α,β-unsaturated/α-hetero) is 1. The molecule has 6 rings (SSSR count). The molecule has 0 bridgehead atoms. The number of aryl methyl sites for hydroxylation is 2. The molecular weight excluding hydrogens is 986 g/mol. The molecule has 19 heteroatoms.